The minimum atomic E-state index is 0.131. The first kappa shape index (κ1) is 12.1. The summed E-state index contributed by atoms with van der Waals surface area (Å²) in [5, 5.41) is 0. The van der Waals surface area contributed by atoms with Crippen LogP contribution in [0.25, 0.3) is 0 Å². The highest BCUT2D eigenvalue weighted by molar-refractivity contribution is 7.14. The molecule has 1 heterocycles. The monoisotopic (exact) mass is 244 g/mol. The van der Waals surface area contributed by atoms with Crippen molar-refractivity contribution in [1.82, 2.24) is 0 Å². The molecule has 17 heavy (non-hydrogen) atoms. The summed E-state index contributed by atoms with van der Waals surface area (Å²) in [6, 6.07) is 11.9. The van der Waals surface area contributed by atoms with Crippen LogP contribution in [-0.4, -0.2) is 5.78 Å². The molecule has 1 nitrogen and oxygen atoms in total. The molecule has 0 aliphatic rings. The van der Waals surface area contributed by atoms with Crippen molar-refractivity contribution in [2.24, 2.45) is 0 Å². The predicted molar refractivity (Wildman–Crippen MR) is 72.9 cm³/mol. The van der Waals surface area contributed by atoms with E-state index in [1.165, 1.54) is 10.4 Å². The molecule has 2 aromatic rings. The lowest BCUT2D eigenvalue weighted by Gasteiger charge is -2.01. The Bertz CT molecular complexity index is 508. The highest BCUT2D eigenvalue weighted by atomic mass is 32.1. The summed E-state index contributed by atoms with van der Waals surface area (Å²) >= 11 is 1.56. The van der Waals surface area contributed by atoms with Crippen LogP contribution >= 0.6 is 11.3 Å². The molecular formula is C15H16OS. The van der Waals surface area contributed by atoms with E-state index < -0.39 is 0 Å². The van der Waals surface area contributed by atoms with E-state index in [4.69, 9.17) is 0 Å². The zero-order chi connectivity index (χ0) is 12.3. The van der Waals surface area contributed by atoms with Crippen molar-refractivity contribution in [1.29, 1.82) is 0 Å². The maximum atomic E-state index is 12.1. The Balaban J connectivity index is 2.20. The van der Waals surface area contributed by atoms with Crippen LogP contribution in [0.2, 0.25) is 0 Å². The summed E-state index contributed by atoms with van der Waals surface area (Å²) in [4.78, 5) is 14.1. The number of hydrogen-bond donors (Lipinski definition) is 0. The Morgan fingerprint density at radius 2 is 1.82 bits per heavy atom. The number of ketones is 1. The van der Waals surface area contributed by atoms with Gasteiger partial charge in [-0.2, -0.15) is 0 Å². The van der Waals surface area contributed by atoms with Gasteiger partial charge in [0.1, 0.15) is 0 Å². The van der Waals surface area contributed by atoms with Gasteiger partial charge in [0.25, 0.3) is 0 Å². The lowest BCUT2D eigenvalue weighted by molar-refractivity contribution is 0.104. The number of rotatable bonds is 4. The zero-order valence-corrected chi connectivity index (χ0v) is 11.0. The molecular weight excluding hydrogens is 228 g/mol. The zero-order valence-electron chi connectivity index (χ0n) is 10.2. The molecule has 2 rings (SSSR count). The van der Waals surface area contributed by atoms with Crippen LogP contribution in [-0.2, 0) is 6.42 Å². The van der Waals surface area contributed by atoms with Gasteiger partial charge in [0.15, 0.2) is 0 Å². The third-order valence-corrected chi connectivity index (χ3v) is 3.72. The molecule has 0 N–H and O–H groups in total. The summed E-state index contributed by atoms with van der Waals surface area (Å²) < 4.78 is 0. The van der Waals surface area contributed by atoms with Crippen LogP contribution in [0.15, 0.2) is 36.4 Å². The summed E-state index contributed by atoms with van der Waals surface area (Å²) in [6.07, 6.45) is 2.21. The largest absolute Gasteiger partial charge is 0.288 e. The van der Waals surface area contributed by atoms with Crippen molar-refractivity contribution in [3.8, 4) is 0 Å². The van der Waals surface area contributed by atoms with Gasteiger partial charge in [0, 0.05) is 10.4 Å². The topological polar surface area (TPSA) is 17.1 Å². The first-order valence-corrected chi connectivity index (χ1v) is 6.72. The first-order valence-electron chi connectivity index (χ1n) is 5.91. The fourth-order valence-corrected chi connectivity index (χ4v) is 2.64. The van der Waals surface area contributed by atoms with E-state index in [1.807, 2.05) is 31.2 Å². The smallest absolute Gasteiger partial charge is 0.202 e. The number of carbonyl (C=O) groups excluding carboxylic acids is 1. The van der Waals surface area contributed by atoms with Gasteiger partial charge in [0.2, 0.25) is 5.78 Å². The third kappa shape index (κ3) is 2.83. The molecule has 1 aromatic heterocycles. The average Bonchev–Trinajstić information content (AvgIpc) is 2.76. The Hall–Kier alpha value is -1.41. The standard InChI is InChI=1S/C15H16OS/c1-3-4-12-6-8-13(9-7-12)15(16)14-10-5-11(2)17-14/h5-10H,3-4H2,1-2H3. The normalized spacial score (nSPS) is 10.5. The number of benzene rings is 1. The minimum absolute atomic E-state index is 0.131. The summed E-state index contributed by atoms with van der Waals surface area (Å²) in [5.74, 6) is 0.131. The number of hydrogen-bond acceptors (Lipinski definition) is 2. The molecule has 0 fully saturated rings. The van der Waals surface area contributed by atoms with Crippen molar-refractivity contribution in [3.05, 3.63) is 57.3 Å². The van der Waals surface area contributed by atoms with Gasteiger partial charge in [-0.05, 0) is 31.0 Å². The van der Waals surface area contributed by atoms with Crippen molar-refractivity contribution in [3.63, 3.8) is 0 Å². The highest BCUT2D eigenvalue weighted by Crippen LogP contribution is 2.19. The molecule has 0 saturated carbocycles. The lowest BCUT2D eigenvalue weighted by atomic mass is 10.0. The van der Waals surface area contributed by atoms with E-state index >= 15 is 0 Å². The maximum Gasteiger partial charge on any atom is 0.202 e. The number of aryl methyl sites for hydroxylation is 2. The Kier molecular flexibility index (Phi) is 3.75. The Morgan fingerprint density at radius 3 is 2.35 bits per heavy atom. The maximum absolute atomic E-state index is 12.1. The average molecular weight is 244 g/mol. The van der Waals surface area contributed by atoms with Crippen molar-refractivity contribution < 1.29 is 4.79 Å². The molecule has 0 amide bonds. The van der Waals surface area contributed by atoms with Gasteiger partial charge in [0.05, 0.1) is 4.88 Å². The van der Waals surface area contributed by atoms with E-state index in [-0.39, 0.29) is 5.78 Å². The van der Waals surface area contributed by atoms with Gasteiger partial charge in [-0.15, -0.1) is 11.3 Å². The van der Waals surface area contributed by atoms with Crippen LogP contribution < -0.4 is 0 Å². The van der Waals surface area contributed by atoms with Gasteiger partial charge in [-0.3, -0.25) is 4.79 Å². The second-order valence-electron chi connectivity index (χ2n) is 4.19. The first-order chi connectivity index (χ1) is 8.20. The SMILES string of the molecule is CCCc1ccc(C(=O)c2ccc(C)s2)cc1. The molecule has 0 atom stereocenters. The van der Waals surface area contributed by atoms with Gasteiger partial charge < -0.3 is 0 Å². The second kappa shape index (κ2) is 5.28. The van der Waals surface area contributed by atoms with Crippen LogP contribution in [0.4, 0.5) is 0 Å². The van der Waals surface area contributed by atoms with E-state index in [0.29, 0.717) is 0 Å². The summed E-state index contributed by atoms with van der Waals surface area (Å²) in [6.45, 7) is 4.18. The Morgan fingerprint density at radius 1 is 1.12 bits per heavy atom. The quantitative estimate of drug-likeness (QED) is 0.735. The molecule has 1 aromatic carbocycles. The summed E-state index contributed by atoms with van der Waals surface area (Å²) in [7, 11) is 0. The summed E-state index contributed by atoms with van der Waals surface area (Å²) in [5.41, 5.74) is 2.08. The molecule has 2 heteroatoms. The molecule has 0 saturated heterocycles. The molecule has 0 unspecified atom stereocenters. The lowest BCUT2D eigenvalue weighted by Crippen LogP contribution is -1.98. The number of carbonyl (C=O) groups is 1. The van der Waals surface area contributed by atoms with Crippen LogP contribution in [0.5, 0.6) is 0 Å². The van der Waals surface area contributed by atoms with Crippen LogP contribution in [0.1, 0.15) is 39.0 Å². The van der Waals surface area contributed by atoms with Crippen molar-refractivity contribution in [2.75, 3.05) is 0 Å². The van der Waals surface area contributed by atoms with Crippen LogP contribution in [0.3, 0.4) is 0 Å². The highest BCUT2D eigenvalue weighted by Gasteiger charge is 2.10. The molecule has 0 aliphatic carbocycles. The molecule has 0 spiro atoms. The Labute approximate surface area is 106 Å². The van der Waals surface area contributed by atoms with Gasteiger partial charge in [-0.25, -0.2) is 0 Å². The third-order valence-electron chi connectivity index (χ3n) is 2.72. The van der Waals surface area contributed by atoms with Crippen molar-refractivity contribution in [2.45, 2.75) is 26.7 Å². The van der Waals surface area contributed by atoms with Gasteiger partial charge in [-0.1, -0.05) is 37.6 Å². The van der Waals surface area contributed by atoms with Gasteiger partial charge >= 0.3 is 0 Å². The van der Waals surface area contributed by atoms with E-state index in [1.54, 1.807) is 11.3 Å². The predicted octanol–water partition coefficient (Wildman–Crippen LogP) is 4.24. The van der Waals surface area contributed by atoms with E-state index in [0.717, 1.165) is 23.3 Å². The molecule has 0 aliphatic heterocycles. The van der Waals surface area contributed by atoms with Crippen LogP contribution in [0, 0.1) is 6.92 Å². The fourth-order valence-electron chi connectivity index (χ4n) is 1.81. The molecule has 88 valence electrons. The number of thiophene rings is 1. The second-order valence-corrected chi connectivity index (χ2v) is 5.47. The molecule has 0 bridgehead atoms. The fraction of sp³-hybridized carbons (Fsp3) is 0.267. The minimum Gasteiger partial charge on any atom is -0.288 e. The van der Waals surface area contributed by atoms with E-state index in [9.17, 15) is 4.79 Å². The van der Waals surface area contributed by atoms with E-state index in [2.05, 4.69) is 19.1 Å². The molecule has 0 radical (unpaired) electrons. The van der Waals surface area contributed by atoms with Crippen molar-refractivity contribution >= 4 is 17.1 Å².